The van der Waals surface area contributed by atoms with Gasteiger partial charge in [-0.3, -0.25) is 14.4 Å². The van der Waals surface area contributed by atoms with Crippen molar-refractivity contribution in [1.29, 1.82) is 0 Å². The maximum Gasteiger partial charge on any atom is 0.303 e. The summed E-state index contributed by atoms with van der Waals surface area (Å²) in [4.78, 5) is 36.3. The molecule has 0 heterocycles. The highest BCUT2D eigenvalue weighted by Crippen LogP contribution is 2.68. The number of hydrogen-bond donors (Lipinski definition) is 2. The van der Waals surface area contributed by atoms with Crippen molar-refractivity contribution in [3.63, 3.8) is 0 Å². The molecule has 4 aliphatic carbocycles. The number of Topliss-reactive ketones (excluding diaryl/α,β-unsaturated/α-hetero) is 2. The molecule has 0 aromatic carbocycles. The first kappa shape index (κ1) is 23.8. The molecule has 0 amide bonds. The van der Waals surface area contributed by atoms with Gasteiger partial charge in [-0.05, 0) is 67.6 Å². The van der Waals surface area contributed by atoms with Gasteiger partial charge in [0, 0.05) is 12.3 Å². The van der Waals surface area contributed by atoms with Crippen LogP contribution >= 0.6 is 31.9 Å². The predicted octanol–water partition coefficient (Wildman–Crippen LogP) is 3.18. The maximum absolute atomic E-state index is 13.0. The van der Waals surface area contributed by atoms with Crippen LogP contribution in [0.3, 0.4) is 0 Å². The number of hydrogen-bond acceptors (Lipinski definition) is 6. The van der Waals surface area contributed by atoms with Crippen LogP contribution in [-0.4, -0.2) is 55.7 Å². The molecule has 0 aliphatic heterocycles. The van der Waals surface area contributed by atoms with Gasteiger partial charge in [0.25, 0.3) is 0 Å². The Morgan fingerprint density at radius 2 is 1.81 bits per heavy atom. The molecular formula is C23H32Br2O6. The summed E-state index contributed by atoms with van der Waals surface area (Å²) in [5.41, 5.74) is -2.57. The fraction of sp³-hybridized carbons (Fsp3) is 0.870. The van der Waals surface area contributed by atoms with Crippen molar-refractivity contribution in [2.45, 2.75) is 80.7 Å². The van der Waals surface area contributed by atoms with E-state index in [9.17, 15) is 24.6 Å². The number of halogens is 2. The molecule has 31 heavy (non-hydrogen) atoms. The van der Waals surface area contributed by atoms with Crippen molar-refractivity contribution in [2.24, 2.45) is 34.5 Å². The van der Waals surface area contributed by atoms with Crippen LogP contribution in [0.25, 0.3) is 0 Å². The zero-order valence-corrected chi connectivity index (χ0v) is 21.4. The number of ketones is 2. The number of aliphatic hydroxyl groups excluding tert-OH is 1. The average molecular weight is 564 g/mol. The zero-order valence-electron chi connectivity index (χ0n) is 18.3. The van der Waals surface area contributed by atoms with E-state index in [-0.39, 0.29) is 44.5 Å². The van der Waals surface area contributed by atoms with Gasteiger partial charge in [-0.25, -0.2) is 0 Å². The molecule has 0 radical (unpaired) electrons. The van der Waals surface area contributed by atoms with Crippen LogP contribution in [0.4, 0.5) is 0 Å². The van der Waals surface area contributed by atoms with Crippen LogP contribution in [0.15, 0.2) is 0 Å². The summed E-state index contributed by atoms with van der Waals surface area (Å²) in [6, 6.07) is 0. The summed E-state index contributed by atoms with van der Waals surface area (Å²) in [5.74, 6) is -0.372. The molecule has 0 spiro atoms. The minimum atomic E-state index is -1.60. The van der Waals surface area contributed by atoms with Gasteiger partial charge in [-0.15, -0.1) is 0 Å². The van der Waals surface area contributed by atoms with E-state index in [1.54, 1.807) is 0 Å². The van der Waals surface area contributed by atoms with Crippen molar-refractivity contribution < 1.29 is 29.3 Å². The van der Waals surface area contributed by atoms with Gasteiger partial charge in [-0.2, -0.15) is 0 Å². The number of alkyl halides is 2. The second-order valence-corrected chi connectivity index (χ2v) is 12.8. The lowest BCUT2D eigenvalue weighted by molar-refractivity contribution is -0.198. The molecule has 4 aliphatic rings. The van der Waals surface area contributed by atoms with Crippen molar-refractivity contribution in [2.75, 3.05) is 6.61 Å². The Balaban J connectivity index is 1.65. The van der Waals surface area contributed by atoms with Gasteiger partial charge in [-0.1, -0.05) is 45.7 Å². The van der Waals surface area contributed by atoms with E-state index in [0.717, 1.165) is 12.8 Å². The monoisotopic (exact) mass is 562 g/mol. The van der Waals surface area contributed by atoms with Gasteiger partial charge < -0.3 is 14.9 Å². The Labute approximate surface area is 200 Å². The van der Waals surface area contributed by atoms with Gasteiger partial charge in [0.05, 0.1) is 15.8 Å². The number of carbonyl (C=O) groups excluding carboxylic acids is 3. The first-order valence-electron chi connectivity index (χ1n) is 11.3. The summed E-state index contributed by atoms with van der Waals surface area (Å²) in [6.07, 6.45) is 3.15. The van der Waals surface area contributed by atoms with Crippen LogP contribution in [0, 0.1) is 34.5 Å². The van der Waals surface area contributed by atoms with Crippen molar-refractivity contribution >= 4 is 49.4 Å². The maximum atomic E-state index is 13.0. The number of rotatable bonds is 3. The normalized spacial score (nSPS) is 51.5. The number of esters is 1. The molecule has 0 aromatic rings. The number of carbonyl (C=O) groups is 3. The van der Waals surface area contributed by atoms with E-state index in [1.165, 1.54) is 6.92 Å². The van der Waals surface area contributed by atoms with E-state index in [2.05, 4.69) is 38.8 Å². The largest absolute Gasteiger partial charge is 0.458 e. The Hall–Kier alpha value is -0.310. The van der Waals surface area contributed by atoms with Gasteiger partial charge in [0.1, 0.15) is 5.60 Å². The highest BCUT2D eigenvalue weighted by atomic mass is 79.9. The third kappa shape index (κ3) is 3.33. The molecule has 6 nitrogen and oxygen atoms in total. The molecule has 2 N–H and O–H groups in total. The second-order valence-electron chi connectivity index (χ2n) is 10.8. The molecule has 4 fully saturated rings. The summed E-state index contributed by atoms with van der Waals surface area (Å²) in [7, 11) is 0. The highest BCUT2D eigenvalue weighted by molar-refractivity contribution is 9.10. The fourth-order valence-corrected chi connectivity index (χ4v) is 10.5. The lowest BCUT2D eigenvalue weighted by atomic mass is 9.43. The number of aliphatic hydroxyl groups is 2. The van der Waals surface area contributed by atoms with Gasteiger partial charge in [0.2, 0.25) is 5.78 Å². The topological polar surface area (TPSA) is 101 Å². The van der Waals surface area contributed by atoms with E-state index in [4.69, 9.17) is 4.74 Å². The van der Waals surface area contributed by atoms with Crippen LogP contribution < -0.4 is 0 Å². The lowest BCUT2D eigenvalue weighted by Gasteiger charge is -2.63. The molecule has 0 aromatic heterocycles. The highest BCUT2D eigenvalue weighted by Gasteiger charge is 2.69. The van der Waals surface area contributed by atoms with E-state index >= 15 is 0 Å². The first-order valence-corrected chi connectivity index (χ1v) is 13.1. The predicted molar refractivity (Wildman–Crippen MR) is 121 cm³/mol. The molecule has 4 rings (SSSR count). The minimum Gasteiger partial charge on any atom is -0.458 e. The van der Waals surface area contributed by atoms with Crippen LogP contribution in [0.5, 0.6) is 0 Å². The Kier molecular flexibility index (Phi) is 6.06. The Bertz CT molecular complexity index is 803. The summed E-state index contributed by atoms with van der Waals surface area (Å²) in [5, 5.41) is 23.0. The van der Waals surface area contributed by atoms with Gasteiger partial charge in [0.15, 0.2) is 12.4 Å². The smallest absolute Gasteiger partial charge is 0.303 e. The molecule has 0 saturated heterocycles. The summed E-state index contributed by atoms with van der Waals surface area (Å²) in [6.45, 7) is 4.95. The van der Waals surface area contributed by atoms with Crippen molar-refractivity contribution in [3.05, 3.63) is 0 Å². The second kappa shape index (κ2) is 7.88. The van der Waals surface area contributed by atoms with Crippen molar-refractivity contribution in [3.8, 4) is 0 Å². The van der Waals surface area contributed by atoms with Crippen LogP contribution in [0.2, 0.25) is 0 Å². The minimum absolute atomic E-state index is 0.0171. The molecule has 0 bridgehead atoms. The van der Waals surface area contributed by atoms with Gasteiger partial charge >= 0.3 is 5.97 Å². The molecule has 10 atom stereocenters. The molecule has 8 heteroatoms. The van der Waals surface area contributed by atoms with E-state index in [1.807, 2.05) is 6.92 Å². The SMILES string of the molecule is CC(=O)OCC(=O)[C@@]1(O)CC[C@H]2[C@@H]3CC[C@H]4C(Br)C(=O)C(Br)C[C@]4(C)[C@H]3[C@@H](O)C[C@@]21C. The quantitative estimate of drug-likeness (QED) is 0.404. The zero-order chi connectivity index (χ0) is 22.9. The molecule has 174 valence electrons. The fourth-order valence-electron chi connectivity index (χ4n) is 8.01. The van der Waals surface area contributed by atoms with E-state index in [0.29, 0.717) is 25.7 Å². The molecule has 2 unspecified atom stereocenters. The Morgan fingerprint density at radius 3 is 2.45 bits per heavy atom. The van der Waals surface area contributed by atoms with Crippen molar-refractivity contribution in [1.82, 2.24) is 0 Å². The third-order valence-corrected chi connectivity index (χ3v) is 11.3. The first-order chi connectivity index (χ1) is 14.4. The van der Waals surface area contributed by atoms with Crippen LogP contribution in [0.1, 0.15) is 59.3 Å². The third-order valence-electron chi connectivity index (χ3n) is 9.45. The lowest BCUT2D eigenvalue weighted by Crippen LogP contribution is -2.65. The number of fused-ring (bicyclic) bond motifs is 5. The number of ether oxygens (including phenoxy) is 1. The molecular weight excluding hydrogens is 532 g/mol. The van der Waals surface area contributed by atoms with Crippen LogP contribution in [-0.2, 0) is 19.1 Å². The standard InChI is InChI=1S/C23H32Br2O6/c1-11(26)31-10-17(28)23(30)7-6-13-12-4-5-14-19(25)20(29)15(24)8-21(14,2)18(12)16(27)9-22(13,23)3/h12-16,18-19,27,30H,4-10H2,1-3H3/t12-,13-,14-,15?,16-,18+,19?,21-,22-,23-/m0/s1. The average Bonchev–Trinajstić information content (AvgIpc) is 2.95. The summed E-state index contributed by atoms with van der Waals surface area (Å²) >= 11 is 7.23. The molecule has 4 saturated carbocycles. The van der Waals surface area contributed by atoms with E-state index < -0.39 is 35.5 Å². The summed E-state index contributed by atoms with van der Waals surface area (Å²) < 4.78 is 4.91. The Morgan fingerprint density at radius 1 is 1.13 bits per heavy atom.